The van der Waals surface area contributed by atoms with Crippen molar-refractivity contribution in [3.8, 4) is 0 Å². The molecule has 0 saturated carbocycles. The van der Waals surface area contributed by atoms with Crippen molar-refractivity contribution in [2.24, 2.45) is 5.10 Å². The zero-order valence-electron chi connectivity index (χ0n) is 10.9. The third kappa shape index (κ3) is 3.72. The number of hydrogen-bond acceptors (Lipinski definition) is 3. The van der Waals surface area contributed by atoms with Gasteiger partial charge in [0.25, 0.3) is 5.91 Å². The topological polar surface area (TPSA) is 44.7 Å². The molecule has 108 valence electrons. The molecule has 0 unspecified atom stereocenters. The standard InChI is InChI=1S/C13H14F3N3O/c1-9-6-7-19(18-9)11-4-2-10(3-5-11)12(20)17-8-13(14,15)16/h2-5H,6-8H2,1H3,(H,17,20). The summed E-state index contributed by atoms with van der Waals surface area (Å²) in [7, 11) is 0. The molecule has 1 N–H and O–H groups in total. The highest BCUT2D eigenvalue weighted by atomic mass is 19.4. The Labute approximate surface area is 114 Å². The van der Waals surface area contributed by atoms with Crippen LogP contribution >= 0.6 is 0 Å². The van der Waals surface area contributed by atoms with Gasteiger partial charge in [0.05, 0.1) is 5.69 Å². The molecule has 0 atom stereocenters. The Morgan fingerprint density at radius 3 is 2.50 bits per heavy atom. The van der Waals surface area contributed by atoms with Crippen molar-refractivity contribution in [2.45, 2.75) is 19.5 Å². The summed E-state index contributed by atoms with van der Waals surface area (Å²) in [5.74, 6) is -0.741. The van der Waals surface area contributed by atoms with E-state index in [1.165, 1.54) is 12.1 Å². The van der Waals surface area contributed by atoms with Crippen molar-refractivity contribution in [2.75, 3.05) is 18.1 Å². The van der Waals surface area contributed by atoms with Crippen LogP contribution in [0.5, 0.6) is 0 Å². The van der Waals surface area contributed by atoms with E-state index in [2.05, 4.69) is 5.10 Å². The van der Waals surface area contributed by atoms with E-state index >= 15 is 0 Å². The maximum atomic E-state index is 12.0. The molecule has 1 heterocycles. The zero-order valence-corrected chi connectivity index (χ0v) is 10.9. The van der Waals surface area contributed by atoms with Gasteiger partial charge in [0.15, 0.2) is 0 Å². The lowest BCUT2D eigenvalue weighted by Gasteiger charge is -2.14. The van der Waals surface area contributed by atoms with Crippen LogP contribution in [0, 0.1) is 0 Å². The number of alkyl halides is 3. The summed E-state index contributed by atoms with van der Waals surface area (Å²) in [4.78, 5) is 11.5. The number of benzene rings is 1. The number of hydrazone groups is 1. The van der Waals surface area contributed by atoms with Gasteiger partial charge < -0.3 is 5.32 Å². The van der Waals surface area contributed by atoms with Crippen LogP contribution in [0.3, 0.4) is 0 Å². The summed E-state index contributed by atoms with van der Waals surface area (Å²) >= 11 is 0. The van der Waals surface area contributed by atoms with Gasteiger partial charge in [-0.25, -0.2) is 0 Å². The molecule has 0 bridgehead atoms. The van der Waals surface area contributed by atoms with Crippen molar-refractivity contribution >= 4 is 17.3 Å². The Kier molecular flexibility index (Phi) is 3.96. The Hall–Kier alpha value is -2.05. The van der Waals surface area contributed by atoms with Crippen LogP contribution in [0.2, 0.25) is 0 Å². The van der Waals surface area contributed by atoms with E-state index in [0.29, 0.717) is 0 Å². The normalized spacial score (nSPS) is 15.2. The van der Waals surface area contributed by atoms with Gasteiger partial charge in [0, 0.05) is 24.2 Å². The van der Waals surface area contributed by atoms with Crippen LogP contribution in [-0.4, -0.2) is 30.9 Å². The van der Waals surface area contributed by atoms with E-state index in [1.807, 2.05) is 12.2 Å². The molecule has 1 amide bonds. The molecule has 0 saturated heterocycles. The Morgan fingerprint density at radius 1 is 1.35 bits per heavy atom. The summed E-state index contributed by atoms with van der Waals surface area (Å²) < 4.78 is 36.0. The van der Waals surface area contributed by atoms with Gasteiger partial charge in [-0.15, -0.1) is 0 Å². The van der Waals surface area contributed by atoms with E-state index < -0.39 is 18.6 Å². The van der Waals surface area contributed by atoms with Crippen LogP contribution in [0.15, 0.2) is 29.4 Å². The highest BCUT2D eigenvalue weighted by molar-refractivity contribution is 5.94. The monoisotopic (exact) mass is 285 g/mol. The molecule has 4 nitrogen and oxygen atoms in total. The van der Waals surface area contributed by atoms with Crippen LogP contribution in [0.4, 0.5) is 18.9 Å². The van der Waals surface area contributed by atoms with E-state index in [0.717, 1.165) is 24.4 Å². The molecule has 20 heavy (non-hydrogen) atoms. The lowest BCUT2D eigenvalue weighted by atomic mass is 10.2. The third-order valence-corrected chi connectivity index (χ3v) is 2.85. The molecule has 1 aromatic carbocycles. The van der Waals surface area contributed by atoms with E-state index in [1.54, 1.807) is 17.1 Å². The molecule has 0 spiro atoms. The molecular weight excluding hydrogens is 271 g/mol. The highest BCUT2D eigenvalue weighted by Crippen LogP contribution is 2.20. The highest BCUT2D eigenvalue weighted by Gasteiger charge is 2.27. The van der Waals surface area contributed by atoms with Crippen molar-refractivity contribution in [1.29, 1.82) is 0 Å². The molecule has 0 fully saturated rings. The number of halogens is 3. The lowest BCUT2D eigenvalue weighted by Crippen LogP contribution is -2.33. The summed E-state index contributed by atoms with van der Waals surface area (Å²) in [5, 5.41) is 7.93. The Bertz CT molecular complexity index is 523. The predicted molar refractivity (Wildman–Crippen MR) is 69.9 cm³/mol. The fraction of sp³-hybridized carbons (Fsp3) is 0.385. The van der Waals surface area contributed by atoms with Crippen LogP contribution in [0.1, 0.15) is 23.7 Å². The van der Waals surface area contributed by atoms with Crippen molar-refractivity contribution < 1.29 is 18.0 Å². The number of carbonyl (C=O) groups excluding carboxylic acids is 1. The van der Waals surface area contributed by atoms with Gasteiger partial charge in [0.2, 0.25) is 0 Å². The molecular formula is C13H14F3N3O. The van der Waals surface area contributed by atoms with Gasteiger partial charge in [-0.2, -0.15) is 18.3 Å². The van der Waals surface area contributed by atoms with Crippen LogP contribution in [-0.2, 0) is 0 Å². The summed E-state index contributed by atoms with van der Waals surface area (Å²) in [6.07, 6.45) is -3.52. The minimum Gasteiger partial charge on any atom is -0.343 e. The zero-order chi connectivity index (χ0) is 14.8. The van der Waals surface area contributed by atoms with Gasteiger partial charge >= 0.3 is 6.18 Å². The van der Waals surface area contributed by atoms with Crippen LogP contribution in [0.25, 0.3) is 0 Å². The number of carbonyl (C=O) groups is 1. The number of anilines is 1. The molecule has 7 heteroatoms. The minimum atomic E-state index is -4.41. The fourth-order valence-electron chi connectivity index (χ4n) is 1.83. The van der Waals surface area contributed by atoms with E-state index in [4.69, 9.17) is 0 Å². The molecule has 0 aromatic heterocycles. The predicted octanol–water partition coefficient (Wildman–Crippen LogP) is 2.56. The average Bonchev–Trinajstić information content (AvgIpc) is 2.82. The Balaban J connectivity index is 1.99. The van der Waals surface area contributed by atoms with E-state index in [9.17, 15) is 18.0 Å². The largest absolute Gasteiger partial charge is 0.405 e. The third-order valence-electron chi connectivity index (χ3n) is 2.85. The smallest absolute Gasteiger partial charge is 0.343 e. The van der Waals surface area contributed by atoms with E-state index in [-0.39, 0.29) is 5.56 Å². The van der Waals surface area contributed by atoms with Crippen molar-refractivity contribution in [3.63, 3.8) is 0 Å². The van der Waals surface area contributed by atoms with Crippen LogP contribution < -0.4 is 10.3 Å². The number of nitrogens with zero attached hydrogens (tertiary/aromatic N) is 2. The first kappa shape index (κ1) is 14.4. The Morgan fingerprint density at radius 2 is 2.00 bits per heavy atom. The quantitative estimate of drug-likeness (QED) is 0.927. The first-order chi connectivity index (χ1) is 9.35. The molecule has 2 rings (SSSR count). The molecule has 1 aliphatic rings. The number of amides is 1. The number of rotatable bonds is 3. The maximum absolute atomic E-state index is 12.0. The summed E-state index contributed by atoms with van der Waals surface area (Å²) in [5.41, 5.74) is 2.03. The number of hydrogen-bond donors (Lipinski definition) is 1. The second-order valence-electron chi connectivity index (χ2n) is 4.55. The summed E-state index contributed by atoms with van der Waals surface area (Å²) in [6, 6.07) is 6.32. The average molecular weight is 285 g/mol. The van der Waals surface area contributed by atoms with Gasteiger partial charge in [-0.1, -0.05) is 0 Å². The van der Waals surface area contributed by atoms with Crippen molar-refractivity contribution in [3.05, 3.63) is 29.8 Å². The SMILES string of the molecule is CC1=NN(c2ccc(C(=O)NCC(F)(F)F)cc2)CC1. The van der Waals surface area contributed by atoms with Gasteiger partial charge in [-0.3, -0.25) is 9.80 Å². The first-order valence-corrected chi connectivity index (χ1v) is 6.12. The lowest BCUT2D eigenvalue weighted by molar-refractivity contribution is -0.123. The molecule has 1 aliphatic heterocycles. The number of nitrogens with one attached hydrogen (secondary N) is 1. The second-order valence-corrected chi connectivity index (χ2v) is 4.55. The molecule has 0 aliphatic carbocycles. The van der Waals surface area contributed by atoms with Gasteiger partial charge in [-0.05, 0) is 31.2 Å². The molecule has 1 aromatic rings. The first-order valence-electron chi connectivity index (χ1n) is 6.12. The second kappa shape index (κ2) is 5.52. The van der Waals surface area contributed by atoms with Crippen molar-refractivity contribution in [1.82, 2.24) is 5.32 Å². The van der Waals surface area contributed by atoms with Gasteiger partial charge in [0.1, 0.15) is 6.54 Å². The minimum absolute atomic E-state index is 0.192. The molecule has 0 radical (unpaired) electrons. The summed E-state index contributed by atoms with van der Waals surface area (Å²) in [6.45, 7) is 1.37. The fourth-order valence-corrected chi connectivity index (χ4v) is 1.83. The maximum Gasteiger partial charge on any atom is 0.405 e.